The Kier molecular flexibility index (Phi) is 9.98. The standard InChI is InChI=1S/C27H32F3N3O5/c1-17(18-5-3-2-4-6-18)24(19-7-9-20(10-8-19)25(36)31-16-15-23(34)35)33-26(37)32-21-11-13-22(14-12-21)38-27(28,29)30/h7-14,17-18,24H,2-6,15-16H2,1H3,(H,31,36)(H,34,35)(H2,32,33,37)/t17-,24?/m0/s1. The number of carbonyl (C=O) groups is 3. The molecule has 0 spiro atoms. The van der Waals surface area contributed by atoms with Gasteiger partial charge in [-0.05, 0) is 53.8 Å². The van der Waals surface area contributed by atoms with Crippen LogP contribution >= 0.6 is 0 Å². The average molecular weight is 536 g/mol. The Morgan fingerprint density at radius 3 is 2.21 bits per heavy atom. The summed E-state index contributed by atoms with van der Waals surface area (Å²) in [5.41, 5.74) is 1.47. The number of hydrogen-bond donors (Lipinski definition) is 4. The first kappa shape index (κ1) is 28.8. The third kappa shape index (κ3) is 8.97. The lowest BCUT2D eigenvalue weighted by molar-refractivity contribution is -0.274. The number of carbonyl (C=O) groups excluding carboxylic acids is 2. The molecule has 38 heavy (non-hydrogen) atoms. The van der Waals surface area contributed by atoms with E-state index in [-0.39, 0.29) is 30.7 Å². The van der Waals surface area contributed by atoms with E-state index in [1.807, 2.05) is 0 Å². The molecule has 1 unspecified atom stereocenters. The molecule has 1 aliphatic rings. The summed E-state index contributed by atoms with van der Waals surface area (Å²) < 4.78 is 41.0. The van der Waals surface area contributed by atoms with Crippen LogP contribution in [-0.4, -0.2) is 35.9 Å². The molecule has 0 aliphatic heterocycles. The summed E-state index contributed by atoms with van der Waals surface area (Å²) >= 11 is 0. The van der Waals surface area contributed by atoms with Crippen molar-refractivity contribution in [1.29, 1.82) is 0 Å². The Balaban J connectivity index is 1.71. The zero-order valence-electron chi connectivity index (χ0n) is 21.0. The monoisotopic (exact) mass is 535 g/mol. The highest BCUT2D eigenvalue weighted by Gasteiger charge is 2.31. The van der Waals surface area contributed by atoms with Gasteiger partial charge in [-0.15, -0.1) is 13.2 Å². The van der Waals surface area contributed by atoms with Crippen molar-refractivity contribution in [2.45, 2.75) is 57.9 Å². The van der Waals surface area contributed by atoms with Gasteiger partial charge in [0.05, 0.1) is 12.5 Å². The van der Waals surface area contributed by atoms with Crippen molar-refractivity contribution >= 4 is 23.6 Å². The molecule has 3 rings (SSSR count). The maximum Gasteiger partial charge on any atom is 0.573 e. The third-order valence-electron chi connectivity index (χ3n) is 6.71. The fraction of sp³-hybridized carbons (Fsp3) is 0.444. The molecule has 2 aromatic carbocycles. The Bertz CT molecular complexity index is 1080. The fourth-order valence-electron chi connectivity index (χ4n) is 4.73. The van der Waals surface area contributed by atoms with Crippen molar-refractivity contribution in [3.8, 4) is 5.75 Å². The minimum atomic E-state index is -4.80. The lowest BCUT2D eigenvalue weighted by Gasteiger charge is -2.34. The van der Waals surface area contributed by atoms with Gasteiger partial charge in [-0.1, -0.05) is 51.2 Å². The van der Waals surface area contributed by atoms with E-state index < -0.39 is 24.3 Å². The molecule has 206 valence electrons. The van der Waals surface area contributed by atoms with E-state index in [1.165, 1.54) is 18.6 Å². The van der Waals surface area contributed by atoms with E-state index in [9.17, 15) is 27.6 Å². The van der Waals surface area contributed by atoms with Crippen LogP contribution in [0.4, 0.5) is 23.7 Å². The quantitative estimate of drug-likeness (QED) is 0.304. The number of anilines is 1. The van der Waals surface area contributed by atoms with Gasteiger partial charge in [0.25, 0.3) is 5.91 Å². The largest absolute Gasteiger partial charge is 0.573 e. The molecule has 0 aromatic heterocycles. The first-order chi connectivity index (χ1) is 18.0. The van der Waals surface area contributed by atoms with Gasteiger partial charge in [0.15, 0.2) is 0 Å². The van der Waals surface area contributed by atoms with Crippen LogP contribution in [0.1, 0.15) is 67.4 Å². The van der Waals surface area contributed by atoms with Crippen LogP contribution in [0.3, 0.4) is 0 Å². The second kappa shape index (κ2) is 13.2. The van der Waals surface area contributed by atoms with Crippen molar-refractivity contribution in [3.63, 3.8) is 0 Å². The minimum Gasteiger partial charge on any atom is -0.481 e. The van der Waals surface area contributed by atoms with Gasteiger partial charge in [-0.3, -0.25) is 9.59 Å². The molecule has 0 saturated heterocycles. The van der Waals surface area contributed by atoms with E-state index in [0.29, 0.717) is 17.2 Å². The van der Waals surface area contributed by atoms with Gasteiger partial charge in [0.1, 0.15) is 5.75 Å². The Morgan fingerprint density at radius 1 is 1.00 bits per heavy atom. The van der Waals surface area contributed by atoms with Gasteiger partial charge in [0, 0.05) is 17.8 Å². The fourth-order valence-corrected chi connectivity index (χ4v) is 4.73. The first-order valence-electron chi connectivity index (χ1n) is 12.5. The van der Waals surface area contributed by atoms with Gasteiger partial charge in [0.2, 0.25) is 0 Å². The summed E-state index contributed by atoms with van der Waals surface area (Å²) in [6, 6.07) is 10.8. The number of amides is 3. The van der Waals surface area contributed by atoms with Gasteiger partial charge < -0.3 is 25.8 Å². The number of rotatable bonds is 10. The van der Waals surface area contributed by atoms with Crippen molar-refractivity contribution in [1.82, 2.24) is 10.6 Å². The van der Waals surface area contributed by atoms with Crippen molar-refractivity contribution in [2.75, 3.05) is 11.9 Å². The smallest absolute Gasteiger partial charge is 0.481 e. The van der Waals surface area contributed by atoms with Crippen LogP contribution in [0.5, 0.6) is 5.75 Å². The lowest BCUT2D eigenvalue weighted by Crippen LogP contribution is -2.38. The van der Waals surface area contributed by atoms with E-state index >= 15 is 0 Å². The normalized spacial score (nSPS) is 15.7. The molecular weight excluding hydrogens is 503 g/mol. The zero-order chi connectivity index (χ0) is 27.7. The van der Waals surface area contributed by atoms with Crippen LogP contribution in [0, 0.1) is 11.8 Å². The molecule has 11 heteroatoms. The molecule has 2 aromatic rings. The number of urea groups is 1. The number of aliphatic carboxylic acids is 1. The Hall–Kier alpha value is -3.76. The summed E-state index contributed by atoms with van der Waals surface area (Å²) in [5.74, 6) is -1.31. The minimum absolute atomic E-state index is 0.0162. The molecule has 4 N–H and O–H groups in total. The highest BCUT2D eigenvalue weighted by Crippen LogP contribution is 2.37. The van der Waals surface area contributed by atoms with Crippen molar-refractivity contribution < 1.29 is 37.4 Å². The topological polar surface area (TPSA) is 117 Å². The summed E-state index contributed by atoms with van der Waals surface area (Å²) in [7, 11) is 0. The summed E-state index contributed by atoms with van der Waals surface area (Å²) in [6.45, 7) is 2.10. The number of carboxylic acids is 1. The van der Waals surface area contributed by atoms with Crippen LogP contribution < -0.4 is 20.7 Å². The number of alkyl halides is 3. The van der Waals surface area contributed by atoms with Gasteiger partial charge in [-0.25, -0.2) is 4.79 Å². The highest BCUT2D eigenvalue weighted by molar-refractivity contribution is 5.94. The molecule has 0 heterocycles. The molecule has 0 bridgehead atoms. The number of ether oxygens (including phenoxy) is 1. The van der Waals surface area contributed by atoms with Gasteiger partial charge in [-0.2, -0.15) is 0 Å². The number of nitrogens with one attached hydrogen (secondary N) is 3. The van der Waals surface area contributed by atoms with Gasteiger partial charge >= 0.3 is 18.4 Å². The summed E-state index contributed by atoms with van der Waals surface area (Å²) in [5, 5.41) is 16.9. The average Bonchev–Trinajstić information content (AvgIpc) is 2.87. The number of carboxylic acid groups (broad SMARTS) is 1. The predicted octanol–water partition coefficient (Wildman–Crippen LogP) is 5.87. The van der Waals surface area contributed by atoms with E-state index in [2.05, 4.69) is 27.6 Å². The molecule has 2 atom stereocenters. The second-order valence-electron chi connectivity index (χ2n) is 9.43. The molecule has 1 aliphatic carbocycles. The SMILES string of the molecule is C[C@@H](C1CCCCC1)C(NC(=O)Nc1ccc(OC(F)(F)F)cc1)c1ccc(C(=O)NCCC(=O)O)cc1. The van der Waals surface area contributed by atoms with E-state index in [4.69, 9.17) is 5.11 Å². The lowest BCUT2D eigenvalue weighted by atomic mass is 9.76. The number of benzene rings is 2. The Labute approximate surface area is 218 Å². The molecular formula is C27H32F3N3O5. The maximum absolute atomic E-state index is 12.9. The Morgan fingerprint density at radius 2 is 1.63 bits per heavy atom. The zero-order valence-corrected chi connectivity index (χ0v) is 21.0. The predicted molar refractivity (Wildman–Crippen MR) is 135 cm³/mol. The van der Waals surface area contributed by atoms with Crippen LogP contribution in [-0.2, 0) is 4.79 Å². The molecule has 0 radical (unpaired) electrons. The molecule has 3 amide bonds. The number of halogens is 3. The summed E-state index contributed by atoms with van der Waals surface area (Å²) in [4.78, 5) is 35.9. The highest BCUT2D eigenvalue weighted by atomic mass is 19.4. The van der Waals surface area contributed by atoms with Crippen LogP contribution in [0.15, 0.2) is 48.5 Å². The van der Waals surface area contributed by atoms with Crippen molar-refractivity contribution in [2.24, 2.45) is 11.8 Å². The second-order valence-corrected chi connectivity index (χ2v) is 9.43. The third-order valence-corrected chi connectivity index (χ3v) is 6.71. The maximum atomic E-state index is 12.9. The molecule has 1 saturated carbocycles. The van der Waals surface area contributed by atoms with Crippen molar-refractivity contribution in [3.05, 3.63) is 59.7 Å². The first-order valence-corrected chi connectivity index (χ1v) is 12.5. The number of hydrogen-bond acceptors (Lipinski definition) is 4. The van der Waals surface area contributed by atoms with Crippen LogP contribution in [0.2, 0.25) is 0 Å². The molecule has 1 fully saturated rings. The van der Waals surface area contributed by atoms with Crippen LogP contribution in [0.25, 0.3) is 0 Å². The molecule has 8 nitrogen and oxygen atoms in total. The van der Waals surface area contributed by atoms with E-state index in [0.717, 1.165) is 43.4 Å². The summed E-state index contributed by atoms with van der Waals surface area (Å²) in [6.07, 6.45) is 0.537. The van der Waals surface area contributed by atoms with E-state index in [1.54, 1.807) is 24.3 Å².